The van der Waals surface area contributed by atoms with Gasteiger partial charge in [0.25, 0.3) is 5.91 Å². The van der Waals surface area contributed by atoms with Crippen LogP contribution in [0.5, 0.6) is 5.75 Å². The maximum atomic E-state index is 13.5. The van der Waals surface area contributed by atoms with Gasteiger partial charge in [-0.3, -0.25) is 4.79 Å². The summed E-state index contributed by atoms with van der Waals surface area (Å²) in [6.45, 7) is -0.315. The number of nitrogens with one attached hydrogen (secondary N) is 1. The van der Waals surface area contributed by atoms with Crippen molar-refractivity contribution in [2.75, 3.05) is 6.61 Å². The highest BCUT2D eigenvalue weighted by molar-refractivity contribution is 7.10. The van der Waals surface area contributed by atoms with E-state index in [0.29, 0.717) is 0 Å². The smallest absolute Gasteiger partial charge is 0.258 e. The van der Waals surface area contributed by atoms with Crippen LogP contribution in [0, 0.1) is 11.6 Å². The predicted octanol–water partition coefficient (Wildman–Crippen LogP) is 4.31. The molecular formula is C19H15F2NO2S. The van der Waals surface area contributed by atoms with Crippen molar-refractivity contribution in [1.29, 1.82) is 0 Å². The normalized spacial score (nSPS) is 11.8. The van der Waals surface area contributed by atoms with Gasteiger partial charge in [0.2, 0.25) is 0 Å². The lowest BCUT2D eigenvalue weighted by atomic mass is 10.1. The number of carbonyl (C=O) groups excluding carboxylic acids is 1. The zero-order valence-corrected chi connectivity index (χ0v) is 13.9. The molecule has 1 atom stereocenters. The predicted molar refractivity (Wildman–Crippen MR) is 92.6 cm³/mol. The van der Waals surface area contributed by atoms with Gasteiger partial charge in [-0.05, 0) is 41.3 Å². The molecule has 2 aromatic carbocycles. The molecule has 0 spiro atoms. The molecule has 0 aliphatic carbocycles. The average Bonchev–Trinajstić information content (AvgIpc) is 3.14. The SMILES string of the molecule is O=C(COc1ccccc1F)N[C@@H](c1ccc(F)cc1)c1cccs1. The van der Waals surface area contributed by atoms with Crippen LogP contribution in [0.2, 0.25) is 0 Å². The minimum absolute atomic E-state index is 0.0205. The largest absolute Gasteiger partial charge is 0.481 e. The number of para-hydroxylation sites is 1. The molecule has 1 aromatic heterocycles. The van der Waals surface area contributed by atoms with E-state index in [-0.39, 0.29) is 18.2 Å². The van der Waals surface area contributed by atoms with Gasteiger partial charge in [0, 0.05) is 4.88 Å². The van der Waals surface area contributed by atoms with E-state index in [2.05, 4.69) is 5.32 Å². The van der Waals surface area contributed by atoms with Crippen LogP contribution >= 0.6 is 11.3 Å². The summed E-state index contributed by atoms with van der Waals surface area (Å²) in [5.41, 5.74) is 0.753. The second kappa shape index (κ2) is 7.90. The quantitative estimate of drug-likeness (QED) is 0.712. The van der Waals surface area contributed by atoms with Crippen LogP contribution in [-0.2, 0) is 4.79 Å². The third-order valence-corrected chi connectivity index (χ3v) is 4.47. The van der Waals surface area contributed by atoms with Gasteiger partial charge in [-0.25, -0.2) is 8.78 Å². The second-order valence-corrected chi connectivity index (χ2v) is 6.27. The molecule has 1 amide bonds. The van der Waals surface area contributed by atoms with Crippen LogP contribution in [0.3, 0.4) is 0 Å². The minimum atomic E-state index is -0.524. The Hall–Kier alpha value is -2.73. The Morgan fingerprint density at radius 2 is 1.80 bits per heavy atom. The lowest BCUT2D eigenvalue weighted by Gasteiger charge is -2.18. The van der Waals surface area contributed by atoms with Gasteiger partial charge >= 0.3 is 0 Å². The summed E-state index contributed by atoms with van der Waals surface area (Å²) >= 11 is 1.48. The molecule has 3 aromatic rings. The Balaban J connectivity index is 1.71. The van der Waals surface area contributed by atoms with Crippen LogP contribution in [-0.4, -0.2) is 12.5 Å². The van der Waals surface area contributed by atoms with Crippen molar-refractivity contribution in [2.45, 2.75) is 6.04 Å². The molecule has 1 heterocycles. The molecule has 0 saturated carbocycles. The molecule has 3 rings (SSSR count). The number of carbonyl (C=O) groups is 1. The van der Waals surface area contributed by atoms with Crippen molar-refractivity contribution in [2.24, 2.45) is 0 Å². The molecule has 0 bridgehead atoms. The molecule has 0 radical (unpaired) electrons. The van der Waals surface area contributed by atoms with E-state index in [1.165, 1.54) is 35.6 Å². The summed E-state index contributed by atoms with van der Waals surface area (Å²) in [5.74, 6) is -1.25. The van der Waals surface area contributed by atoms with Crippen LogP contribution in [0.15, 0.2) is 66.0 Å². The van der Waals surface area contributed by atoms with Crippen LogP contribution in [0.4, 0.5) is 8.78 Å². The van der Waals surface area contributed by atoms with Gasteiger partial charge in [0.1, 0.15) is 5.82 Å². The number of ether oxygens (including phenoxy) is 1. The third kappa shape index (κ3) is 4.42. The van der Waals surface area contributed by atoms with E-state index >= 15 is 0 Å². The first-order chi connectivity index (χ1) is 12.1. The first kappa shape index (κ1) is 17.1. The number of hydrogen-bond acceptors (Lipinski definition) is 3. The van der Waals surface area contributed by atoms with Crippen molar-refractivity contribution >= 4 is 17.2 Å². The van der Waals surface area contributed by atoms with E-state index < -0.39 is 17.8 Å². The molecule has 128 valence electrons. The lowest BCUT2D eigenvalue weighted by Crippen LogP contribution is -2.33. The minimum Gasteiger partial charge on any atom is -0.481 e. The van der Waals surface area contributed by atoms with Crippen molar-refractivity contribution < 1.29 is 18.3 Å². The topological polar surface area (TPSA) is 38.3 Å². The van der Waals surface area contributed by atoms with Gasteiger partial charge in [-0.1, -0.05) is 30.3 Å². The Kier molecular flexibility index (Phi) is 5.40. The molecule has 0 aliphatic heterocycles. The number of rotatable bonds is 6. The monoisotopic (exact) mass is 359 g/mol. The van der Waals surface area contributed by atoms with Crippen molar-refractivity contribution in [3.05, 3.63) is 88.1 Å². The molecule has 0 saturated heterocycles. The average molecular weight is 359 g/mol. The standard InChI is InChI=1S/C19H15F2NO2S/c20-14-9-7-13(8-10-14)19(17-6-3-11-25-17)22-18(23)12-24-16-5-2-1-4-15(16)21/h1-11,19H,12H2,(H,22,23)/t19-/m0/s1. The lowest BCUT2D eigenvalue weighted by molar-refractivity contribution is -0.123. The van der Waals surface area contributed by atoms with Crippen LogP contribution in [0.1, 0.15) is 16.5 Å². The van der Waals surface area contributed by atoms with Crippen molar-refractivity contribution in [1.82, 2.24) is 5.32 Å². The highest BCUT2D eigenvalue weighted by atomic mass is 32.1. The van der Waals surface area contributed by atoms with Crippen LogP contribution in [0.25, 0.3) is 0 Å². The maximum absolute atomic E-state index is 13.5. The molecule has 3 nitrogen and oxygen atoms in total. The third-order valence-electron chi connectivity index (χ3n) is 3.53. The van der Waals surface area contributed by atoms with Gasteiger partial charge in [-0.2, -0.15) is 0 Å². The maximum Gasteiger partial charge on any atom is 0.258 e. The van der Waals surface area contributed by atoms with E-state index in [1.54, 1.807) is 24.3 Å². The highest BCUT2D eigenvalue weighted by Crippen LogP contribution is 2.26. The zero-order chi connectivity index (χ0) is 17.6. The van der Waals surface area contributed by atoms with Crippen LogP contribution < -0.4 is 10.1 Å². The van der Waals surface area contributed by atoms with Crippen molar-refractivity contribution in [3.63, 3.8) is 0 Å². The Morgan fingerprint density at radius 3 is 2.48 bits per heavy atom. The fraction of sp³-hybridized carbons (Fsp3) is 0.105. The fourth-order valence-corrected chi connectivity index (χ4v) is 3.14. The molecule has 25 heavy (non-hydrogen) atoms. The number of hydrogen-bond donors (Lipinski definition) is 1. The number of thiophene rings is 1. The Labute approximate surface area is 147 Å². The van der Waals surface area contributed by atoms with Gasteiger partial charge in [0.15, 0.2) is 18.2 Å². The summed E-state index contributed by atoms with van der Waals surface area (Å²) in [6, 6.07) is 15.2. The van der Waals surface area contributed by atoms with E-state index in [0.717, 1.165) is 10.4 Å². The summed E-state index contributed by atoms with van der Waals surface area (Å²) in [5, 5.41) is 4.74. The number of amides is 1. The summed E-state index contributed by atoms with van der Waals surface area (Å²) in [7, 11) is 0. The van der Waals surface area contributed by atoms with E-state index in [1.807, 2.05) is 17.5 Å². The zero-order valence-electron chi connectivity index (χ0n) is 13.1. The molecule has 0 unspecified atom stereocenters. The first-order valence-corrected chi connectivity index (χ1v) is 8.47. The Morgan fingerprint density at radius 1 is 1.04 bits per heavy atom. The second-order valence-electron chi connectivity index (χ2n) is 5.29. The summed E-state index contributed by atoms with van der Waals surface area (Å²) in [4.78, 5) is 13.2. The molecule has 1 N–H and O–H groups in total. The van der Waals surface area contributed by atoms with Gasteiger partial charge in [-0.15, -0.1) is 11.3 Å². The summed E-state index contributed by atoms with van der Waals surface area (Å²) in [6.07, 6.45) is 0. The number of benzene rings is 2. The van der Waals surface area contributed by atoms with Gasteiger partial charge in [0.05, 0.1) is 6.04 Å². The fourth-order valence-electron chi connectivity index (χ4n) is 2.34. The van der Waals surface area contributed by atoms with Crippen molar-refractivity contribution in [3.8, 4) is 5.75 Å². The number of halogens is 2. The molecule has 0 fully saturated rings. The first-order valence-electron chi connectivity index (χ1n) is 7.59. The van der Waals surface area contributed by atoms with E-state index in [4.69, 9.17) is 4.74 Å². The molecule has 0 aliphatic rings. The molecule has 6 heteroatoms. The Bertz CT molecular complexity index is 835. The molecular weight excluding hydrogens is 344 g/mol. The van der Waals surface area contributed by atoms with Gasteiger partial charge < -0.3 is 10.1 Å². The summed E-state index contributed by atoms with van der Waals surface area (Å²) < 4.78 is 31.9. The van der Waals surface area contributed by atoms with E-state index in [9.17, 15) is 13.6 Å². The highest BCUT2D eigenvalue weighted by Gasteiger charge is 2.18.